The van der Waals surface area contributed by atoms with Crippen LogP contribution < -0.4 is 5.32 Å². The molecule has 1 aromatic carbocycles. The fraction of sp³-hybridized carbons (Fsp3) is 0.600. The third kappa shape index (κ3) is 2.93. The zero-order valence-electron chi connectivity index (χ0n) is 12.1. The third-order valence-corrected chi connectivity index (χ3v) is 6.38. The van der Waals surface area contributed by atoms with E-state index in [2.05, 4.69) is 5.32 Å². The number of sulfonamides is 1. The first-order valence-electron chi connectivity index (χ1n) is 7.59. The molecule has 1 aromatic rings. The highest BCUT2D eigenvalue weighted by molar-refractivity contribution is 7.89. The predicted molar refractivity (Wildman–Crippen MR) is 81.8 cm³/mol. The second-order valence-corrected chi connectivity index (χ2v) is 7.82. The van der Waals surface area contributed by atoms with E-state index >= 15 is 0 Å². The van der Waals surface area contributed by atoms with Gasteiger partial charge in [-0.2, -0.15) is 4.31 Å². The quantitative estimate of drug-likeness (QED) is 0.886. The fourth-order valence-corrected chi connectivity index (χ4v) is 4.61. The Morgan fingerprint density at radius 2 is 2.05 bits per heavy atom. The second kappa shape index (κ2) is 5.94. The Labute approximate surface area is 126 Å². The van der Waals surface area contributed by atoms with E-state index in [1.807, 2.05) is 12.1 Å². The SMILES string of the molecule is O=S(=O)(c1ccc2c(c1)CCCN2)N1CCC(CO)CC1. The van der Waals surface area contributed by atoms with Crippen molar-refractivity contribution in [2.75, 3.05) is 31.6 Å². The minimum atomic E-state index is -3.40. The summed E-state index contributed by atoms with van der Waals surface area (Å²) in [5, 5.41) is 12.5. The van der Waals surface area contributed by atoms with Crippen molar-refractivity contribution >= 4 is 15.7 Å². The molecule has 1 saturated heterocycles. The Balaban J connectivity index is 1.82. The molecule has 0 saturated carbocycles. The Hall–Kier alpha value is -1.11. The molecule has 0 aromatic heterocycles. The van der Waals surface area contributed by atoms with Crippen LogP contribution in [0.3, 0.4) is 0 Å². The number of hydrogen-bond acceptors (Lipinski definition) is 4. The van der Waals surface area contributed by atoms with E-state index in [0.717, 1.165) is 43.5 Å². The number of aliphatic hydroxyl groups is 1. The number of fused-ring (bicyclic) bond motifs is 1. The van der Waals surface area contributed by atoms with Crippen LogP contribution in [0.15, 0.2) is 23.1 Å². The van der Waals surface area contributed by atoms with Gasteiger partial charge in [-0.15, -0.1) is 0 Å². The van der Waals surface area contributed by atoms with Crippen LogP contribution in [0.2, 0.25) is 0 Å². The first-order chi connectivity index (χ1) is 10.1. The van der Waals surface area contributed by atoms with Crippen molar-refractivity contribution in [1.82, 2.24) is 4.31 Å². The first kappa shape index (κ1) is 14.8. The minimum absolute atomic E-state index is 0.151. The summed E-state index contributed by atoms with van der Waals surface area (Å²) in [7, 11) is -3.40. The van der Waals surface area contributed by atoms with Crippen LogP contribution in [-0.4, -0.2) is 44.1 Å². The molecule has 0 amide bonds. The Kier molecular flexibility index (Phi) is 4.19. The largest absolute Gasteiger partial charge is 0.396 e. The maximum Gasteiger partial charge on any atom is 0.243 e. The van der Waals surface area contributed by atoms with E-state index in [1.54, 1.807) is 10.4 Å². The molecule has 3 rings (SSSR count). The molecule has 0 atom stereocenters. The molecule has 0 spiro atoms. The molecular formula is C15H22N2O3S. The van der Waals surface area contributed by atoms with Gasteiger partial charge < -0.3 is 10.4 Å². The van der Waals surface area contributed by atoms with E-state index in [0.29, 0.717) is 18.0 Å². The normalized spacial score (nSPS) is 20.8. The number of nitrogens with zero attached hydrogens (tertiary/aromatic N) is 1. The Morgan fingerprint density at radius 1 is 1.29 bits per heavy atom. The van der Waals surface area contributed by atoms with Gasteiger partial charge in [0.25, 0.3) is 0 Å². The van der Waals surface area contributed by atoms with Crippen LogP contribution in [0.25, 0.3) is 0 Å². The fourth-order valence-electron chi connectivity index (χ4n) is 3.09. The van der Waals surface area contributed by atoms with Crippen molar-refractivity contribution in [3.8, 4) is 0 Å². The monoisotopic (exact) mass is 310 g/mol. The van der Waals surface area contributed by atoms with Gasteiger partial charge in [-0.1, -0.05) is 0 Å². The molecule has 0 unspecified atom stereocenters. The lowest BCUT2D eigenvalue weighted by Gasteiger charge is -2.30. The zero-order chi connectivity index (χ0) is 14.9. The van der Waals surface area contributed by atoms with Gasteiger partial charge in [0.1, 0.15) is 0 Å². The van der Waals surface area contributed by atoms with Crippen LogP contribution in [0.4, 0.5) is 5.69 Å². The highest BCUT2D eigenvalue weighted by Crippen LogP contribution is 2.28. The van der Waals surface area contributed by atoms with E-state index in [1.165, 1.54) is 0 Å². The van der Waals surface area contributed by atoms with Crippen molar-refractivity contribution in [2.24, 2.45) is 5.92 Å². The lowest BCUT2D eigenvalue weighted by Crippen LogP contribution is -2.39. The molecule has 2 N–H and O–H groups in total. The Bertz CT molecular complexity index is 607. The Morgan fingerprint density at radius 3 is 2.76 bits per heavy atom. The molecule has 0 radical (unpaired) electrons. The molecule has 116 valence electrons. The van der Waals surface area contributed by atoms with E-state index in [9.17, 15) is 8.42 Å². The topological polar surface area (TPSA) is 69.6 Å². The summed E-state index contributed by atoms with van der Waals surface area (Å²) in [6, 6.07) is 5.39. The number of rotatable bonds is 3. The van der Waals surface area contributed by atoms with Crippen LogP contribution in [-0.2, 0) is 16.4 Å². The van der Waals surface area contributed by atoms with Crippen molar-refractivity contribution in [1.29, 1.82) is 0 Å². The standard InChI is InChI=1S/C15H22N2O3S/c18-11-12-5-8-17(9-6-12)21(19,20)14-3-4-15-13(10-14)2-1-7-16-15/h3-4,10,12,16,18H,1-2,5-9,11H2. The second-order valence-electron chi connectivity index (χ2n) is 5.88. The first-order valence-corrected chi connectivity index (χ1v) is 9.03. The van der Waals surface area contributed by atoms with Gasteiger partial charge in [-0.25, -0.2) is 8.42 Å². The van der Waals surface area contributed by atoms with Gasteiger partial charge in [0, 0.05) is 31.9 Å². The predicted octanol–water partition coefficient (Wildman–Crippen LogP) is 1.44. The van der Waals surface area contributed by atoms with Crippen LogP contribution >= 0.6 is 0 Å². The summed E-state index contributed by atoms with van der Waals surface area (Å²) in [6.07, 6.45) is 3.45. The summed E-state index contributed by atoms with van der Waals surface area (Å²) in [5.41, 5.74) is 2.15. The summed E-state index contributed by atoms with van der Waals surface area (Å²) in [6.45, 7) is 2.11. The summed E-state index contributed by atoms with van der Waals surface area (Å²) in [4.78, 5) is 0.396. The van der Waals surface area contributed by atoms with Gasteiger partial charge >= 0.3 is 0 Å². The summed E-state index contributed by atoms with van der Waals surface area (Å²) < 4.78 is 27.0. The van der Waals surface area contributed by atoms with E-state index in [-0.39, 0.29) is 12.5 Å². The van der Waals surface area contributed by atoms with Gasteiger partial charge in [-0.3, -0.25) is 0 Å². The number of nitrogens with one attached hydrogen (secondary N) is 1. The lowest BCUT2D eigenvalue weighted by molar-refractivity contribution is 0.170. The highest BCUT2D eigenvalue weighted by atomic mass is 32.2. The third-order valence-electron chi connectivity index (χ3n) is 4.48. The maximum atomic E-state index is 12.7. The van der Waals surface area contributed by atoms with Gasteiger partial charge in [-0.05, 0) is 55.4 Å². The number of hydrogen-bond donors (Lipinski definition) is 2. The molecule has 21 heavy (non-hydrogen) atoms. The van der Waals surface area contributed by atoms with Crippen molar-refractivity contribution in [3.05, 3.63) is 23.8 Å². The molecule has 0 aliphatic carbocycles. The number of anilines is 1. The molecular weight excluding hydrogens is 288 g/mol. The van der Waals surface area contributed by atoms with Crippen LogP contribution in [0.5, 0.6) is 0 Å². The molecule has 6 heteroatoms. The van der Waals surface area contributed by atoms with Gasteiger partial charge in [0.2, 0.25) is 10.0 Å². The lowest BCUT2D eigenvalue weighted by atomic mass is 10.00. The molecule has 5 nitrogen and oxygen atoms in total. The molecule has 2 aliphatic rings. The number of aryl methyl sites for hydroxylation is 1. The molecule has 2 aliphatic heterocycles. The number of piperidine rings is 1. The van der Waals surface area contributed by atoms with Crippen LogP contribution in [0, 0.1) is 5.92 Å². The minimum Gasteiger partial charge on any atom is -0.396 e. The van der Waals surface area contributed by atoms with Gasteiger partial charge in [0.15, 0.2) is 0 Å². The van der Waals surface area contributed by atoms with Crippen molar-refractivity contribution in [2.45, 2.75) is 30.6 Å². The molecule has 0 bridgehead atoms. The average molecular weight is 310 g/mol. The van der Waals surface area contributed by atoms with E-state index in [4.69, 9.17) is 5.11 Å². The highest BCUT2D eigenvalue weighted by Gasteiger charge is 2.29. The smallest absolute Gasteiger partial charge is 0.243 e. The molecule has 2 heterocycles. The maximum absolute atomic E-state index is 12.7. The van der Waals surface area contributed by atoms with Crippen molar-refractivity contribution in [3.63, 3.8) is 0 Å². The average Bonchev–Trinajstić information content (AvgIpc) is 2.54. The zero-order valence-corrected chi connectivity index (χ0v) is 12.9. The van der Waals surface area contributed by atoms with Gasteiger partial charge in [0.05, 0.1) is 4.90 Å². The summed E-state index contributed by atoms with van der Waals surface area (Å²) in [5.74, 6) is 0.240. The summed E-state index contributed by atoms with van der Waals surface area (Å²) >= 11 is 0. The number of benzene rings is 1. The van der Waals surface area contributed by atoms with Crippen molar-refractivity contribution < 1.29 is 13.5 Å². The van der Waals surface area contributed by atoms with E-state index < -0.39 is 10.0 Å². The molecule has 1 fully saturated rings. The van der Waals surface area contributed by atoms with Crippen LogP contribution in [0.1, 0.15) is 24.8 Å². The number of aliphatic hydroxyl groups excluding tert-OH is 1.